The third-order valence-electron chi connectivity index (χ3n) is 3.97. The number of carbonyl (C=O) groups is 1. The Morgan fingerprint density at radius 1 is 1.48 bits per heavy atom. The highest BCUT2D eigenvalue weighted by Crippen LogP contribution is 2.23. The predicted molar refractivity (Wildman–Crippen MR) is 81.2 cm³/mol. The lowest BCUT2D eigenvalue weighted by Gasteiger charge is -2.16. The normalized spacial score (nSPS) is 17.8. The summed E-state index contributed by atoms with van der Waals surface area (Å²) in [6.07, 6.45) is 2.56. The zero-order valence-corrected chi connectivity index (χ0v) is 12.2. The standard InChI is InChI=1S/C15H21N3O3/c1-2-12-8-10-17(11-12)15(19)7-9-16-13-5-3-4-6-14(13)18(20)21/h3-6,12,16H,2,7-11H2,1H3/t12-/m0/s1. The van der Waals surface area contributed by atoms with Crippen LogP contribution in [0.3, 0.4) is 0 Å². The predicted octanol–water partition coefficient (Wildman–Crippen LogP) is 2.66. The first kappa shape index (κ1) is 15.3. The number of benzene rings is 1. The van der Waals surface area contributed by atoms with Crippen LogP contribution in [-0.4, -0.2) is 35.4 Å². The van der Waals surface area contributed by atoms with Gasteiger partial charge in [-0.05, 0) is 18.4 Å². The Morgan fingerprint density at radius 3 is 2.90 bits per heavy atom. The Morgan fingerprint density at radius 2 is 2.24 bits per heavy atom. The van der Waals surface area contributed by atoms with Gasteiger partial charge in [-0.2, -0.15) is 0 Å². The maximum atomic E-state index is 12.1. The average molecular weight is 291 g/mol. The molecule has 2 rings (SSSR count). The molecule has 1 aliphatic rings. The number of amides is 1. The molecule has 1 saturated heterocycles. The second-order valence-corrected chi connectivity index (χ2v) is 5.35. The summed E-state index contributed by atoms with van der Waals surface area (Å²) in [7, 11) is 0. The minimum absolute atomic E-state index is 0.0390. The molecule has 0 saturated carbocycles. The fraction of sp³-hybridized carbons (Fsp3) is 0.533. The molecule has 0 bridgehead atoms. The number of rotatable bonds is 6. The molecular formula is C15H21N3O3. The van der Waals surface area contributed by atoms with E-state index in [1.807, 2.05) is 4.90 Å². The number of nitrogens with zero attached hydrogens (tertiary/aromatic N) is 2. The van der Waals surface area contributed by atoms with Crippen molar-refractivity contribution in [2.75, 3.05) is 25.0 Å². The number of nitro benzene ring substituents is 1. The van der Waals surface area contributed by atoms with Crippen LogP contribution in [0.15, 0.2) is 24.3 Å². The molecule has 1 aromatic rings. The Bertz CT molecular complexity index is 519. The Balaban J connectivity index is 1.82. The van der Waals surface area contributed by atoms with E-state index in [-0.39, 0.29) is 11.6 Å². The fourth-order valence-corrected chi connectivity index (χ4v) is 2.64. The fourth-order valence-electron chi connectivity index (χ4n) is 2.64. The van der Waals surface area contributed by atoms with E-state index in [0.29, 0.717) is 24.6 Å². The molecule has 21 heavy (non-hydrogen) atoms. The number of para-hydroxylation sites is 2. The SMILES string of the molecule is CC[C@H]1CCN(C(=O)CCNc2ccccc2[N+](=O)[O-])C1. The summed E-state index contributed by atoms with van der Waals surface area (Å²) in [5.41, 5.74) is 0.500. The summed E-state index contributed by atoms with van der Waals surface area (Å²) in [5, 5.41) is 13.9. The van der Waals surface area contributed by atoms with Crippen molar-refractivity contribution in [2.45, 2.75) is 26.2 Å². The monoisotopic (exact) mass is 291 g/mol. The largest absolute Gasteiger partial charge is 0.379 e. The van der Waals surface area contributed by atoms with Gasteiger partial charge in [-0.25, -0.2) is 0 Å². The number of nitro groups is 1. The Labute approximate surface area is 124 Å². The van der Waals surface area contributed by atoms with Crippen LogP contribution >= 0.6 is 0 Å². The summed E-state index contributed by atoms with van der Waals surface area (Å²) in [5.74, 6) is 0.745. The highest BCUT2D eigenvalue weighted by molar-refractivity contribution is 5.77. The lowest BCUT2D eigenvalue weighted by molar-refractivity contribution is -0.384. The van der Waals surface area contributed by atoms with E-state index in [0.717, 1.165) is 25.9 Å². The number of nitrogens with one attached hydrogen (secondary N) is 1. The van der Waals surface area contributed by atoms with Crippen molar-refractivity contribution >= 4 is 17.3 Å². The molecule has 0 spiro atoms. The highest BCUT2D eigenvalue weighted by Gasteiger charge is 2.24. The molecule has 0 radical (unpaired) electrons. The lowest BCUT2D eigenvalue weighted by Crippen LogP contribution is -2.30. The van der Waals surface area contributed by atoms with Gasteiger partial charge in [-0.1, -0.05) is 25.5 Å². The molecule has 1 atom stereocenters. The van der Waals surface area contributed by atoms with E-state index in [9.17, 15) is 14.9 Å². The van der Waals surface area contributed by atoms with Gasteiger partial charge in [0.05, 0.1) is 4.92 Å². The van der Waals surface area contributed by atoms with Gasteiger partial charge in [0.1, 0.15) is 5.69 Å². The Kier molecular flexibility index (Phi) is 5.14. The van der Waals surface area contributed by atoms with Crippen LogP contribution in [0.1, 0.15) is 26.2 Å². The van der Waals surface area contributed by atoms with Crippen LogP contribution in [0.25, 0.3) is 0 Å². The summed E-state index contributed by atoms with van der Waals surface area (Å²) in [6.45, 7) is 4.25. The number of likely N-dealkylation sites (tertiary alicyclic amines) is 1. The molecule has 0 aliphatic carbocycles. The van der Waals surface area contributed by atoms with Gasteiger partial charge >= 0.3 is 0 Å². The van der Waals surface area contributed by atoms with Crippen molar-refractivity contribution in [3.63, 3.8) is 0 Å². The number of anilines is 1. The van der Waals surface area contributed by atoms with Gasteiger partial charge in [-0.15, -0.1) is 0 Å². The molecule has 1 heterocycles. The first-order valence-corrected chi connectivity index (χ1v) is 7.37. The van der Waals surface area contributed by atoms with Crippen LogP contribution < -0.4 is 5.32 Å². The van der Waals surface area contributed by atoms with E-state index in [4.69, 9.17) is 0 Å². The highest BCUT2D eigenvalue weighted by atomic mass is 16.6. The van der Waals surface area contributed by atoms with Gasteiger partial charge in [0, 0.05) is 32.1 Å². The first-order chi connectivity index (χ1) is 10.1. The summed E-state index contributed by atoms with van der Waals surface area (Å²) >= 11 is 0. The molecule has 1 amide bonds. The molecule has 1 N–H and O–H groups in total. The van der Waals surface area contributed by atoms with Gasteiger partial charge in [0.15, 0.2) is 0 Å². The third-order valence-corrected chi connectivity index (χ3v) is 3.97. The summed E-state index contributed by atoms with van der Waals surface area (Å²) in [6, 6.07) is 6.48. The molecular weight excluding hydrogens is 270 g/mol. The average Bonchev–Trinajstić information content (AvgIpc) is 2.96. The first-order valence-electron chi connectivity index (χ1n) is 7.37. The molecule has 114 valence electrons. The van der Waals surface area contributed by atoms with Crippen LogP contribution in [0.5, 0.6) is 0 Å². The van der Waals surface area contributed by atoms with Crippen molar-refractivity contribution in [1.29, 1.82) is 0 Å². The molecule has 1 fully saturated rings. The molecule has 1 aromatic carbocycles. The molecule has 6 heteroatoms. The van der Waals surface area contributed by atoms with E-state index >= 15 is 0 Å². The molecule has 6 nitrogen and oxygen atoms in total. The topological polar surface area (TPSA) is 75.5 Å². The Hall–Kier alpha value is -2.11. The van der Waals surface area contributed by atoms with E-state index in [1.54, 1.807) is 18.2 Å². The number of carbonyl (C=O) groups excluding carboxylic acids is 1. The van der Waals surface area contributed by atoms with Crippen molar-refractivity contribution in [3.8, 4) is 0 Å². The summed E-state index contributed by atoms with van der Waals surface area (Å²) < 4.78 is 0. The van der Waals surface area contributed by atoms with E-state index < -0.39 is 4.92 Å². The minimum Gasteiger partial charge on any atom is -0.379 e. The summed E-state index contributed by atoms with van der Waals surface area (Å²) in [4.78, 5) is 24.4. The van der Waals surface area contributed by atoms with Crippen LogP contribution in [0.4, 0.5) is 11.4 Å². The molecule has 0 aromatic heterocycles. The van der Waals surface area contributed by atoms with Crippen LogP contribution in [0, 0.1) is 16.0 Å². The second kappa shape index (κ2) is 7.06. The van der Waals surface area contributed by atoms with Crippen molar-refractivity contribution in [3.05, 3.63) is 34.4 Å². The van der Waals surface area contributed by atoms with Crippen molar-refractivity contribution in [2.24, 2.45) is 5.92 Å². The van der Waals surface area contributed by atoms with Crippen LogP contribution in [0.2, 0.25) is 0 Å². The van der Waals surface area contributed by atoms with Gasteiger partial charge < -0.3 is 10.2 Å². The maximum Gasteiger partial charge on any atom is 0.292 e. The zero-order chi connectivity index (χ0) is 15.2. The van der Waals surface area contributed by atoms with E-state index in [1.165, 1.54) is 6.07 Å². The number of hydrogen-bond acceptors (Lipinski definition) is 4. The maximum absolute atomic E-state index is 12.1. The molecule has 0 unspecified atom stereocenters. The zero-order valence-electron chi connectivity index (χ0n) is 12.2. The lowest BCUT2D eigenvalue weighted by atomic mass is 10.1. The second-order valence-electron chi connectivity index (χ2n) is 5.35. The van der Waals surface area contributed by atoms with Gasteiger partial charge in [0.2, 0.25) is 5.91 Å². The van der Waals surface area contributed by atoms with Crippen molar-refractivity contribution < 1.29 is 9.72 Å². The van der Waals surface area contributed by atoms with Gasteiger partial charge in [0.25, 0.3) is 5.69 Å². The van der Waals surface area contributed by atoms with Crippen LogP contribution in [-0.2, 0) is 4.79 Å². The van der Waals surface area contributed by atoms with Gasteiger partial charge in [-0.3, -0.25) is 14.9 Å². The number of hydrogen-bond donors (Lipinski definition) is 1. The molecule has 1 aliphatic heterocycles. The smallest absolute Gasteiger partial charge is 0.292 e. The minimum atomic E-state index is -0.420. The van der Waals surface area contributed by atoms with E-state index in [2.05, 4.69) is 12.2 Å². The van der Waals surface area contributed by atoms with Crippen molar-refractivity contribution in [1.82, 2.24) is 4.90 Å². The third kappa shape index (κ3) is 3.93. The quantitative estimate of drug-likeness (QED) is 0.646.